The molecule has 2 amide bonds. The molecule has 1 aromatic carbocycles. The Morgan fingerprint density at radius 2 is 2.03 bits per heavy atom. The summed E-state index contributed by atoms with van der Waals surface area (Å²) < 4.78 is 42.3. The third-order valence-corrected chi connectivity index (χ3v) is 6.87. The number of hydrogen-bond donors (Lipinski definition) is 2. The highest BCUT2D eigenvalue weighted by Gasteiger charge is 2.34. The van der Waals surface area contributed by atoms with Crippen molar-refractivity contribution in [2.45, 2.75) is 30.9 Å². The molecule has 1 fully saturated rings. The molecule has 2 aliphatic rings. The Hall–Kier alpha value is -2.79. The van der Waals surface area contributed by atoms with E-state index in [1.807, 2.05) is 6.92 Å². The first-order valence-corrected chi connectivity index (χ1v) is 12.3. The number of anilines is 2. The lowest BCUT2D eigenvalue weighted by Gasteiger charge is -2.35. The summed E-state index contributed by atoms with van der Waals surface area (Å²) in [5.41, 5.74) is 2.49. The van der Waals surface area contributed by atoms with Gasteiger partial charge in [-0.15, -0.1) is 0 Å². The number of benzene rings is 1. The van der Waals surface area contributed by atoms with E-state index in [9.17, 15) is 17.6 Å². The molecule has 0 aliphatic carbocycles. The lowest BCUT2D eigenvalue weighted by molar-refractivity contribution is 0.0984. The molecule has 2 aliphatic heterocycles. The topological polar surface area (TPSA) is 114 Å². The molecular weight excluding hydrogens is 437 g/mol. The number of carbonyl (C=O) groups excluding carboxylic acids is 1. The Bertz CT molecular complexity index is 1090. The minimum atomic E-state index is -3.25. The fourth-order valence-electron chi connectivity index (χ4n) is 3.82. The minimum absolute atomic E-state index is 0.0532. The molecule has 32 heavy (non-hydrogen) atoms. The maximum absolute atomic E-state index is 12.3. The minimum Gasteiger partial charge on any atom is -0.377 e. The maximum Gasteiger partial charge on any atom is 0.319 e. The zero-order valence-electron chi connectivity index (χ0n) is 17.8. The Labute approximate surface area is 186 Å². The molecule has 0 spiro atoms. The van der Waals surface area contributed by atoms with E-state index >= 15 is 0 Å². The molecule has 4 rings (SSSR count). The van der Waals surface area contributed by atoms with E-state index in [1.165, 1.54) is 0 Å². The second-order valence-electron chi connectivity index (χ2n) is 7.95. The summed E-state index contributed by atoms with van der Waals surface area (Å²) in [4.78, 5) is 23.2. The molecule has 11 heteroatoms. The molecule has 1 aromatic heterocycles. The maximum atomic E-state index is 12.3. The molecular formula is C21H26FN5O4S. The van der Waals surface area contributed by atoms with Crippen molar-refractivity contribution < 1.29 is 22.3 Å². The van der Waals surface area contributed by atoms with Crippen LogP contribution in [0.1, 0.15) is 24.6 Å². The van der Waals surface area contributed by atoms with Crippen molar-refractivity contribution >= 4 is 27.4 Å². The van der Waals surface area contributed by atoms with Crippen molar-refractivity contribution in [2.75, 3.05) is 43.2 Å². The average molecular weight is 464 g/mol. The number of rotatable bonds is 6. The lowest BCUT2D eigenvalue weighted by Crippen LogP contribution is -2.44. The fourth-order valence-corrected chi connectivity index (χ4v) is 5.31. The van der Waals surface area contributed by atoms with Crippen molar-refractivity contribution in [2.24, 2.45) is 0 Å². The number of urea groups is 1. The van der Waals surface area contributed by atoms with Gasteiger partial charge in [0.15, 0.2) is 15.7 Å². The van der Waals surface area contributed by atoms with Crippen LogP contribution in [0.25, 0.3) is 11.4 Å². The summed E-state index contributed by atoms with van der Waals surface area (Å²) in [6.45, 7) is 3.53. The highest BCUT2D eigenvalue weighted by Crippen LogP contribution is 2.34. The lowest BCUT2D eigenvalue weighted by atomic mass is 10.1. The summed E-state index contributed by atoms with van der Waals surface area (Å²) in [6, 6.07) is 6.64. The van der Waals surface area contributed by atoms with Crippen LogP contribution in [0.15, 0.2) is 24.3 Å². The highest BCUT2D eigenvalue weighted by molar-refractivity contribution is 7.90. The van der Waals surface area contributed by atoms with E-state index in [-0.39, 0.29) is 30.5 Å². The Morgan fingerprint density at radius 1 is 1.25 bits per heavy atom. The Balaban J connectivity index is 1.60. The number of ether oxygens (including phenoxy) is 1. The smallest absolute Gasteiger partial charge is 0.319 e. The van der Waals surface area contributed by atoms with Crippen LogP contribution in [0.5, 0.6) is 0 Å². The van der Waals surface area contributed by atoms with Gasteiger partial charge < -0.3 is 20.3 Å². The van der Waals surface area contributed by atoms with E-state index in [2.05, 4.69) is 20.5 Å². The predicted octanol–water partition coefficient (Wildman–Crippen LogP) is 2.28. The SMILES string of the molecule is C[C@H]1COCCN1c1nc(-c2ccc(NC(=O)NCCCF)cc2)nc2c1CS(=O)(=O)C2. The van der Waals surface area contributed by atoms with Crippen LogP contribution in [0.4, 0.5) is 20.7 Å². The number of carbonyl (C=O) groups is 1. The van der Waals surface area contributed by atoms with Gasteiger partial charge in [-0.2, -0.15) is 0 Å². The standard InChI is InChI=1S/C21H26FN5O4S/c1-14-11-31-10-9-27(14)20-17-12-32(29,30)13-18(17)25-19(26-20)15-3-5-16(6-4-15)24-21(28)23-8-2-7-22/h3-6,14H,2,7-13H2,1H3,(H2,23,24,28)/t14-/m0/s1. The van der Waals surface area contributed by atoms with Crippen LogP contribution < -0.4 is 15.5 Å². The number of nitrogens with one attached hydrogen (secondary N) is 2. The molecule has 1 atom stereocenters. The number of halogens is 1. The van der Waals surface area contributed by atoms with Gasteiger partial charge in [0, 0.05) is 29.9 Å². The third kappa shape index (κ3) is 4.99. The predicted molar refractivity (Wildman–Crippen MR) is 119 cm³/mol. The first-order chi connectivity index (χ1) is 15.4. The number of aromatic nitrogens is 2. The van der Waals surface area contributed by atoms with Crippen LogP contribution in [-0.4, -0.2) is 63.4 Å². The summed E-state index contributed by atoms with van der Waals surface area (Å²) in [7, 11) is -3.25. The molecule has 0 radical (unpaired) electrons. The number of hydrogen-bond acceptors (Lipinski definition) is 7. The van der Waals surface area contributed by atoms with Crippen molar-refractivity contribution in [1.82, 2.24) is 15.3 Å². The van der Waals surface area contributed by atoms with Gasteiger partial charge in [-0.05, 0) is 37.6 Å². The average Bonchev–Trinajstić information content (AvgIpc) is 3.08. The van der Waals surface area contributed by atoms with Crippen molar-refractivity contribution in [3.8, 4) is 11.4 Å². The Morgan fingerprint density at radius 3 is 2.75 bits per heavy atom. The second-order valence-corrected chi connectivity index (χ2v) is 10.0. The number of amides is 2. The van der Waals surface area contributed by atoms with Gasteiger partial charge in [0.1, 0.15) is 5.82 Å². The van der Waals surface area contributed by atoms with Crippen LogP contribution in [-0.2, 0) is 26.1 Å². The molecule has 9 nitrogen and oxygen atoms in total. The number of fused-ring (bicyclic) bond motifs is 1. The Kier molecular flexibility index (Phi) is 6.56. The molecule has 0 saturated carbocycles. The molecule has 0 bridgehead atoms. The molecule has 3 heterocycles. The van der Waals surface area contributed by atoms with Crippen LogP contribution in [0.3, 0.4) is 0 Å². The fraction of sp³-hybridized carbons (Fsp3) is 0.476. The number of sulfone groups is 1. The van der Waals surface area contributed by atoms with Gasteiger partial charge in [-0.3, -0.25) is 4.39 Å². The quantitative estimate of drug-likeness (QED) is 0.632. The summed E-state index contributed by atoms with van der Waals surface area (Å²) >= 11 is 0. The van der Waals surface area contributed by atoms with Gasteiger partial charge in [0.05, 0.1) is 43.1 Å². The number of alkyl halides is 1. The first kappa shape index (κ1) is 22.4. The second kappa shape index (κ2) is 9.37. The van der Waals surface area contributed by atoms with E-state index in [1.54, 1.807) is 24.3 Å². The zero-order valence-corrected chi connectivity index (χ0v) is 18.6. The van der Waals surface area contributed by atoms with Gasteiger partial charge in [0.2, 0.25) is 0 Å². The van der Waals surface area contributed by atoms with E-state index in [0.29, 0.717) is 53.9 Å². The van der Waals surface area contributed by atoms with Gasteiger partial charge in [-0.1, -0.05) is 0 Å². The van der Waals surface area contributed by atoms with Crippen LogP contribution in [0.2, 0.25) is 0 Å². The number of morpholine rings is 1. The van der Waals surface area contributed by atoms with E-state index < -0.39 is 22.5 Å². The molecule has 1 saturated heterocycles. The van der Waals surface area contributed by atoms with Gasteiger partial charge in [-0.25, -0.2) is 23.2 Å². The highest BCUT2D eigenvalue weighted by atomic mass is 32.2. The summed E-state index contributed by atoms with van der Waals surface area (Å²) in [5.74, 6) is 0.940. The van der Waals surface area contributed by atoms with Gasteiger partial charge in [0.25, 0.3) is 0 Å². The number of nitrogens with zero attached hydrogens (tertiary/aromatic N) is 3. The molecule has 2 N–H and O–H groups in total. The molecule has 2 aromatic rings. The van der Waals surface area contributed by atoms with Crippen molar-refractivity contribution in [3.63, 3.8) is 0 Å². The largest absolute Gasteiger partial charge is 0.377 e. The first-order valence-electron chi connectivity index (χ1n) is 10.5. The van der Waals surface area contributed by atoms with Gasteiger partial charge >= 0.3 is 6.03 Å². The summed E-state index contributed by atoms with van der Waals surface area (Å²) in [5, 5.41) is 5.26. The van der Waals surface area contributed by atoms with E-state index in [4.69, 9.17) is 9.72 Å². The monoisotopic (exact) mass is 463 g/mol. The normalized spacial score (nSPS) is 19.4. The van der Waals surface area contributed by atoms with E-state index in [0.717, 1.165) is 0 Å². The third-order valence-electron chi connectivity index (χ3n) is 5.43. The zero-order chi connectivity index (χ0) is 22.7. The van der Waals surface area contributed by atoms with Crippen LogP contribution in [0, 0.1) is 0 Å². The van der Waals surface area contributed by atoms with Crippen LogP contribution >= 0.6 is 0 Å². The van der Waals surface area contributed by atoms with Crippen molar-refractivity contribution in [1.29, 1.82) is 0 Å². The van der Waals surface area contributed by atoms with Crippen molar-refractivity contribution in [3.05, 3.63) is 35.5 Å². The summed E-state index contributed by atoms with van der Waals surface area (Å²) in [6.07, 6.45) is 0.266. The molecule has 172 valence electrons. The molecule has 0 unspecified atom stereocenters.